The molecule has 1 saturated carbocycles. The van der Waals surface area contributed by atoms with Gasteiger partial charge in [0.2, 0.25) is 5.91 Å². The number of nitrogens with zero attached hydrogens (tertiary/aromatic N) is 6. The fourth-order valence-corrected chi connectivity index (χ4v) is 4.99. The lowest BCUT2D eigenvalue weighted by atomic mass is 9.91. The average molecular weight is 481 g/mol. The maximum Gasteiger partial charge on any atom is 0.243 e. The topological polar surface area (TPSA) is 109 Å². The van der Waals surface area contributed by atoms with E-state index >= 15 is 0 Å². The molecular formula is C24H29ClN8O. The highest BCUT2D eigenvalue weighted by molar-refractivity contribution is 6.38. The lowest BCUT2D eigenvalue weighted by Crippen LogP contribution is -2.41. The van der Waals surface area contributed by atoms with Crippen molar-refractivity contribution in [3.8, 4) is 11.1 Å². The van der Waals surface area contributed by atoms with Gasteiger partial charge in [-0.3, -0.25) is 9.48 Å². The highest BCUT2D eigenvalue weighted by atomic mass is 35.5. The van der Waals surface area contributed by atoms with Crippen LogP contribution in [-0.2, 0) is 11.3 Å². The summed E-state index contributed by atoms with van der Waals surface area (Å²) in [4.78, 5) is 28.6. The van der Waals surface area contributed by atoms with Crippen LogP contribution in [0.3, 0.4) is 0 Å². The molecule has 0 saturated heterocycles. The number of nitrogens with two attached hydrogens (primary N) is 1. The Morgan fingerprint density at radius 3 is 2.85 bits per heavy atom. The lowest BCUT2D eigenvalue weighted by molar-refractivity contribution is -0.129. The minimum atomic E-state index is -0.0352. The number of aromatic amines is 1. The summed E-state index contributed by atoms with van der Waals surface area (Å²) in [5.74, 6) is 0.792. The number of hydrogen-bond acceptors (Lipinski definition) is 6. The SMILES string of the molecule is CN(C)C(=O)Cn1cc2c(Cl)c(-c3c[nH]c4nc(N(C)[C@@H]5CCC[C@@H](N)C5)cnc34)ccc2n1. The van der Waals surface area contributed by atoms with Gasteiger partial charge in [-0.15, -0.1) is 0 Å². The van der Waals surface area contributed by atoms with Gasteiger partial charge in [0, 0.05) is 62.1 Å². The van der Waals surface area contributed by atoms with Crippen LogP contribution < -0.4 is 10.6 Å². The second-order valence-electron chi connectivity index (χ2n) is 9.29. The van der Waals surface area contributed by atoms with Crippen LogP contribution in [0.25, 0.3) is 33.2 Å². The predicted octanol–water partition coefficient (Wildman–Crippen LogP) is 3.42. The molecule has 1 aromatic carbocycles. The molecule has 0 aliphatic heterocycles. The van der Waals surface area contributed by atoms with Crippen LogP contribution in [0, 0.1) is 0 Å². The van der Waals surface area contributed by atoms with Crippen molar-refractivity contribution in [1.29, 1.82) is 0 Å². The van der Waals surface area contributed by atoms with Crippen molar-refractivity contribution in [3.05, 3.63) is 35.7 Å². The molecule has 3 aromatic heterocycles. The van der Waals surface area contributed by atoms with Crippen LogP contribution in [0.4, 0.5) is 5.82 Å². The molecule has 9 nitrogen and oxygen atoms in total. The number of fused-ring (bicyclic) bond motifs is 2. The number of benzene rings is 1. The normalized spacial score (nSPS) is 18.5. The van der Waals surface area contributed by atoms with E-state index in [0.717, 1.165) is 59.0 Å². The van der Waals surface area contributed by atoms with E-state index in [1.165, 1.54) is 4.90 Å². The second kappa shape index (κ2) is 8.88. The Kier molecular flexibility index (Phi) is 5.91. The van der Waals surface area contributed by atoms with Crippen LogP contribution in [-0.4, -0.2) is 68.8 Å². The fourth-order valence-electron chi connectivity index (χ4n) is 4.68. The minimum Gasteiger partial charge on any atom is -0.355 e. The summed E-state index contributed by atoms with van der Waals surface area (Å²) in [6.07, 6.45) is 9.82. The van der Waals surface area contributed by atoms with E-state index in [1.54, 1.807) is 18.8 Å². The van der Waals surface area contributed by atoms with Crippen molar-refractivity contribution in [2.75, 3.05) is 26.0 Å². The molecule has 0 unspecified atom stereocenters. The van der Waals surface area contributed by atoms with Crippen LogP contribution in [0.15, 0.2) is 30.7 Å². The quantitative estimate of drug-likeness (QED) is 0.453. The van der Waals surface area contributed by atoms with Gasteiger partial charge in [-0.1, -0.05) is 17.7 Å². The molecule has 10 heteroatoms. The van der Waals surface area contributed by atoms with Gasteiger partial charge in [0.05, 0.1) is 16.7 Å². The molecule has 4 aromatic rings. The molecule has 178 valence electrons. The van der Waals surface area contributed by atoms with Gasteiger partial charge in [-0.05, 0) is 31.7 Å². The number of rotatable bonds is 5. The van der Waals surface area contributed by atoms with Crippen molar-refractivity contribution in [2.45, 2.75) is 44.3 Å². The molecular weight excluding hydrogens is 452 g/mol. The van der Waals surface area contributed by atoms with Gasteiger partial charge in [0.15, 0.2) is 5.65 Å². The monoisotopic (exact) mass is 480 g/mol. The minimum absolute atomic E-state index is 0.0352. The third kappa shape index (κ3) is 4.10. The van der Waals surface area contributed by atoms with Gasteiger partial charge in [0.25, 0.3) is 0 Å². The Hall–Kier alpha value is -3.17. The van der Waals surface area contributed by atoms with Crippen LogP contribution in [0.5, 0.6) is 0 Å². The Morgan fingerprint density at radius 1 is 1.26 bits per heavy atom. The number of nitrogens with one attached hydrogen (secondary N) is 1. The highest BCUT2D eigenvalue weighted by Crippen LogP contribution is 2.37. The number of halogens is 1. The number of H-pyrrole nitrogens is 1. The third-order valence-corrected chi connectivity index (χ3v) is 7.13. The zero-order valence-electron chi connectivity index (χ0n) is 19.6. The van der Waals surface area contributed by atoms with Gasteiger partial charge < -0.3 is 20.5 Å². The molecule has 3 heterocycles. The Morgan fingerprint density at radius 2 is 2.09 bits per heavy atom. The maximum absolute atomic E-state index is 12.1. The average Bonchev–Trinajstić information content (AvgIpc) is 3.42. The summed E-state index contributed by atoms with van der Waals surface area (Å²) < 4.78 is 1.62. The van der Waals surface area contributed by atoms with E-state index in [2.05, 4.69) is 22.0 Å². The highest BCUT2D eigenvalue weighted by Gasteiger charge is 2.24. The van der Waals surface area contributed by atoms with Crippen LogP contribution in [0.1, 0.15) is 25.7 Å². The molecule has 1 aliphatic carbocycles. The van der Waals surface area contributed by atoms with Crippen LogP contribution >= 0.6 is 11.6 Å². The molecule has 1 aliphatic rings. The molecule has 0 spiro atoms. The first kappa shape index (κ1) is 22.6. The molecule has 0 radical (unpaired) electrons. The first-order valence-electron chi connectivity index (χ1n) is 11.5. The van der Waals surface area contributed by atoms with E-state index in [4.69, 9.17) is 27.3 Å². The number of likely N-dealkylation sites (N-methyl/N-ethyl adjacent to an activating group) is 1. The van der Waals surface area contributed by atoms with Gasteiger partial charge in [0.1, 0.15) is 17.9 Å². The largest absolute Gasteiger partial charge is 0.355 e. The summed E-state index contributed by atoms with van der Waals surface area (Å²) >= 11 is 6.81. The number of carbonyl (C=O) groups is 1. The number of carbonyl (C=O) groups excluding carboxylic acids is 1. The summed E-state index contributed by atoms with van der Waals surface area (Å²) in [7, 11) is 5.51. The number of aromatic nitrogens is 5. The standard InChI is InChI=1S/C24H29ClN8O/c1-31(2)21(34)13-33-12-18-19(30-33)8-7-16(22(18)25)17-10-28-24-23(17)27-11-20(29-24)32(3)15-6-4-5-14(26)9-15/h7-8,10-12,14-15H,4-6,9,13,26H2,1-3H3,(H,28,29)/t14-,15-/m1/s1. The lowest BCUT2D eigenvalue weighted by Gasteiger charge is -2.34. The first-order chi connectivity index (χ1) is 16.3. The summed E-state index contributed by atoms with van der Waals surface area (Å²) in [5.41, 5.74) is 10.1. The predicted molar refractivity (Wildman–Crippen MR) is 135 cm³/mol. The maximum atomic E-state index is 12.1. The summed E-state index contributed by atoms with van der Waals surface area (Å²) in [6, 6.07) is 4.47. The molecule has 0 bridgehead atoms. The van der Waals surface area contributed by atoms with Gasteiger partial charge in [-0.2, -0.15) is 5.10 Å². The molecule has 1 amide bonds. The molecule has 3 N–H and O–H groups in total. The Bertz CT molecular complexity index is 1360. The van der Waals surface area contributed by atoms with Gasteiger partial charge in [-0.25, -0.2) is 9.97 Å². The van der Waals surface area contributed by atoms with E-state index in [1.807, 2.05) is 30.7 Å². The molecule has 34 heavy (non-hydrogen) atoms. The molecule has 1 fully saturated rings. The number of amides is 1. The zero-order chi connectivity index (χ0) is 24.0. The van der Waals surface area contributed by atoms with E-state index in [0.29, 0.717) is 16.7 Å². The van der Waals surface area contributed by atoms with Gasteiger partial charge >= 0.3 is 0 Å². The third-order valence-electron chi connectivity index (χ3n) is 6.72. The van der Waals surface area contributed by atoms with Crippen molar-refractivity contribution in [3.63, 3.8) is 0 Å². The molecule has 5 rings (SSSR count). The Labute approximate surface area is 202 Å². The number of hydrogen-bond donors (Lipinski definition) is 2. The van der Waals surface area contributed by atoms with Crippen molar-refractivity contribution >= 4 is 45.4 Å². The Balaban J connectivity index is 1.46. The van der Waals surface area contributed by atoms with Crippen molar-refractivity contribution < 1.29 is 4.79 Å². The van der Waals surface area contributed by atoms with E-state index in [9.17, 15) is 4.79 Å². The van der Waals surface area contributed by atoms with E-state index < -0.39 is 0 Å². The summed E-state index contributed by atoms with van der Waals surface area (Å²) in [6.45, 7) is 0.161. The number of anilines is 1. The van der Waals surface area contributed by atoms with Crippen molar-refractivity contribution in [2.24, 2.45) is 5.73 Å². The van der Waals surface area contributed by atoms with Crippen LogP contribution in [0.2, 0.25) is 5.02 Å². The zero-order valence-corrected chi connectivity index (χ0v) is 20.4. The second-order valence-corrected chi connectivity index (χ2v) is 9.67. The fraction of sp³-hybridized carbons (Fsp3) is 0.417. The van der Waals surface area contributed by atoms with E-state index in [-0.39, 0.29) is 18.5 Å². The summed E-state index contributed by atoms with van der Waals surface area (Å²) in [5, 5.41) is 5.86. The first-order valence-corrected chi connectivity index (χ1v) is 11.9. The van der Waals surface area contributed by atoms with Crippen molar-refractivity contribution in [1.82, 2.24) is 29.6 Å². The smallest absolute Gasteiger partial charge is 0.243 e. The molecule has 2 atom stereocenters.